The number of rotatable bonds is 3. The first-order chi connectivity index (χ1) is 17.7. The summed E-state index contributed by atoms with van der Waals surface area (Å²) in [7, 11) is 0. The van der Waals surface area contributed by atoms with Crippen LogP contribution in [0, 0.1) is 34.3 Å². The van der Waals surface area contributed by atoms with Gasteiger partial charge in [-0.1, -0.05) is 27.7 Å². The summed E-state index contributed by atoms with van der Waals surface area (Å²) in [6, 6.07) is 5.12. The predicted octanol–water partition coefficient (Wildman–Crippen LogP) is 6.24. The SMILES string of the molecule is CC(C)c1c2ncc(/C=C3\C(=O)c4cc(F)c(F)cc4C3=C(C#N)C#N)nc2c(C(C)C)c2nsnc12. The molecule has 4 aromatic rings. The van der Waals surface area contributed by atoms with Gasteiger partial charge in [0.2, 0.25) is 0 Å². The summed E-state index contributed by atoms with van der Waals surface area (Å²) >= 11 is 1.12. The van der Waals surface area contributed by atoms with Crippen molar-refractivity contribution in [3.8, 4) is 12.1 Å². The maximum Gasteiger partial charge on any atom is 0.194 e. The molecule has 0 fully saturated rings. The van der Waals surface area contributed by atoms with Crippen LogP contribution in [0.15, 0.2) is 29.5 Å². The van der Waals surface area contributed by atoms with E-state index in [0.717, 1.165) is 46.0 Å². The first-order valence-electron chi connectivity index (χ1n) is 11.4. The fourth-order valence-corrected chi connectivity index (χ4v) is 5.33. The zero-order valence-electron chi connectivity index (χ0n) is 20.2. The Labute approximate surface area is 214 Å². The molecule has 0 atom stereocenters. The van der Waals surface area contributed by atoms with Gasteiger partial charge < -0.3 is 0 Å². The number of nitriles is 2. The van der Waals surface area contributed by atoms with Crippen LogP contribution >= 0.6 is 11.7 Å². The van der Waals surface area contributed by atoms with Gasteiger partial charge in [-0.05, 0) is 35.6 Å². The van der Waals surface area contributed by atoms with Crippen molar-refractivity contribution in [1.82, 2.24) is 18.7 Å². The Morgan fingerprint density at radius 3 is 2.05 bits per heavy atom. The minimum Gasteiger partial charge on any atom is -0.289 e. The number of hydrogen-bond donors (Lipinski definition) is 0. The quantitative estimate of drug-likeness (QED) is 0.236. The highest BCUT2D eigenvalue weighted by Gasteiger charge is 2.34. The van der Waals surface area contributed by atoms with Gasteiger partial charge in [0.1, 0.15) is 28.7 Å². The highest BCUT2D eigenvalue weighted by Crippen LogP contribution is 2.41. The lowest BCUT2D eigenvalue weighted by atomic mass is 9.92. The second-order valence-electron chi connectivity index (χ2n) is 9.26. The number of halogens is 2. The number of ketones is 1. The average Bonchev–Trinajstić information content (AvgIpc) is 3.42. The number of nitrogens with zero attached hydrogens (tertiary/aromatic N) is 6. The van der Waals surface area contributed by atoms with Crippen LogP contribution in [0.25, 0.3) is 33.7 Å². The smallest absolute Gasteiger partial charge is 0.194 e. The van der Waals surface area contributed by atoms with Gasteiger partial charge in [-0.15, -0.1) is 0 Å². The van der Waals surface area contributed by atoms with E-state index in [0.29, 0.717) is 11.0 Å². The molecular weight excluding hydrogens is 494 g/mol. The monoisotopic (exact) mass is 512 g/mol. The van der Waals surface area contributed by atoms with Crippen LogP contribution in [0.4, 0.5) is 8.78 Å². The Hall–Kier alpha value is -4.41. The third-order valence-corrected chi connectivity index (χ3v) is 6.84. The molecule has 0 saturated heterocycles. The van der Waals surface area contributed by atoms with Gasteiger partial charge in [-0.3, -0.25) is 9.78 Å². The predicted molar refractivity (Wildman–Crippen MR) is 136 cm³/mol. The molecule has 37 heavy (non-hydrogen) atoms. The standard InChI is InChI=1S/C27H18F2N6OS/c1-11(2)20-23-24(21(12(3)4)26-25(20)34-37-35-26)33-14(10-32-23)5-17-22(13(8-30)9-31)15-6-18(28)19(29)7-16(15)27(17)36/h5-7,10-12H,1-4H3/b17-5-. The molecule has 2 aromatic heterocycles. The third kappa shape index (κ3) is 3.69. The van der Waals surface area contributed by atoms with Crippen molar-refractivity contribution in [3.63, 3.8) is 0 Å². The molecule has 10 heteroatoms. The van der Waals surface area contributed by atoms with E-state index in [1.54, 1.807) is 12.1 Å². The highest BCUT2D eigenvalue weighted by molar-refractivity contribution is 7.00. The summed E-state index contributed by atoms with van der Waals surface area (Å²) in [6.45, 7) is 8.11. The first-order valence-corrected chi connectivity index (χ1v) is 12.2. The van der Waals surface area contributed by atoms with Crippen molar-refractivity contribution in [2.75, 3.05) is 0 Å². The van der Waals surface area contributed by atoms with Gasteiger partial charge in [0, 0.05) is 27.8 Å². The van der Waals surface area contributed by atoms with Crippen LogP contribution in [0.5, 0.6) is 0 Å². The number of carbonyl (C=O) groups is 1. The fourth-order valence-electron chi connectivity index (χ4n) is 4.75. The lowest BCUT2D eigenvalue weighted by Crippen LogP contribution is -2.03. The normalized spacial score (nSPS) is 14.2. The van der Waals surface area contributed by atoms with E-state index in [-0.39, 0.29) is 39.8 Å². The molecule has 1 aliphatic carbocycles. The molecule has 5 rings (SSSR count). The summed E-state index contributed by atoms with van der Waals surface area (Å²) in [6.07, 6.45) is 2.89. The number of carbonyl (C=O) groups excluding carboxylic acids is 1. The van der Waals surface area contributed by atoms with Crippen LogP contribution < -0.4 is 0 Å². The molecule has 0 N–H and O–H groups in total. The summed E-state index contributed by atoms with van der Waals surface area (Å²) in [5.41, 5.74) is 4.26. The second-order valence-corrected chi connectivity index (χ2v) is 9.79. The first kappa shape index (κ1) is 24.3. The maximum atomic E-state index is 14.1. The summed E-state index contributed by atoms with van der Waals surface area (Å²) in [4.78, 5) is 22.8. The maximum absolute atomic E-state index is 14.1. The molecule has 2 aromatic carbocycles. The molecule has 2 heterocycles. The van der Waals surface area contributed by atoms with Crippen LogP contribution in [-0.2, 0) is 0 Å². The number of allylic oxidation sites excluding steroid dienone is 3. The lowest BCUT2D eigenvalue weighted by molar-refractivity contribution is 0.104. The molecule has 0 radical (unpaired) electrons. The zero-order chi connectivity index (χ0) is 26.6. The van der Waals surface area contributed by atoms with Gasteiger partial charge in [-0.25, -0.2) is 13.8 Å². The Bertz CT molecular complexity index is 1790. The number of aromatic nitrogens is 4. The fraction of sp³-hybridized carbons (Fsp3) is 0.222. The molecule has 0 bridgehead atoms. The van der Waals surface area contributed by atoms with E-state index in [1.165, 1.54) is 12.3 Å². The van der Waals surface area contributed by atoms with E-state index < -0.39 is 23.0 Å². The Kier molecular flexibility index (Phi) is 5.85. The van der Waals surface area contributed by atoms with Gasteiger partial charge in [0.05, 0.1) is 34.7 Å². The molecular formula is C27H18F2N6OS. The third-order valence-electron chi connectivity index (χ3n) is 6.31. The van der Waals surface area contributed by atoms with Crippen LogP contribution in [0.3, 0.4) is 0 Å². The van der Waals surface area contributed by atoms with E-state index >= 15 is 0 Å². The van der Waals surface area contributed by atoms with Crippen molar-refractivity contribution >= 4 is 51.2 Å². The number of Topliss-reactive ketones (excluding diaryl/α,β-unsaturated/α-hetero) is 1. The number of fused-ring (bicyclic) bond motifs is 3. The van der Waals surface area contributed by atoms with Crippen molar-refractivity contribution in [1.29, 1.82) is 10.5 Å². The number of benzene rings is 2. The molecule has 0 amide bonds. The van der Waals surface area contributed by atoms with E-state index in [9.17, 15) is 24.1 Å². The van der Waals surface area contributed by atoms with Crippen molar-refractivity contribution in [2.45, 2.75) is 39.5 Å². The van der Waals surface area contributed by atoms with Gasteiger partial charge in [-0.2, -0.15) is 19.3 Å². The molecule has 182 valence electrons. The Morgan fingerprint density at radius 2 is 1.49 bits per heavy atom. The molecule has 0 aliphatic heterocycles. The van der Waals surface area contributed by atoms with E-state index in [4.69, 9.17) is 4.98 Å². The van der Waals surface area contributed by atoms with Crippen molar-refractivity contribution in [2.24, 2.45) is 0 Å². The topological polar surface area (TPSA) is 116 Å². The van der Waals surface area contributed by atoms with Crippen LogP contribution in [0.2, 0.25) is 0 Å². The molecule has 7 nitrogen and oxygen atoms in total. The minimum absolute atomic E-state index is 0.0118. The lowest BCUT2D eigenvalue weighted by Gasteiger charge is -2.16. The van der Waals surface area contributed by atoms with Crippen molar-refractivity contribution < 1.29 is 13.6 Å². The second kappa shape index (κ2) is 8.91. The average molecular weight is 513 g/mol. The largest absolute Gasteiger partial charge is 0.289 e. The Morgan fingerprint density at radius 1 is 0.919 bits per heavy atom. The Balaban J connectivity index is 1.82. The molecule has 1 aliphatic rings. The molecule has 0 unspecified atom stereocenters. The van der Waals surface area contributed by atoms with Gasteiger partial charge >= 0.3 is 0 Å². The summed E-state index contributed by atoms with van der Waals surface area (Å²) in [5.74, 6) is -2.89. The van der Waals surface area contributed by atoms with Gasteiger partial charge in [0.15, 0.2) is 17.4 Å². The summed E-state index contributed by atoms with van der Waals surface area (Å²) in [5, 5.41) is 19.1. The van der Waals surface area contributed by atoms with Gasteiger partial charge in [0.25, 0.3) is 0 Å². The number of hydrogen-bond acceptors (Lipinski definition) is 8. The van der Waals surface area contributed by atoms with E-state index in [1.807, 2.05) is 27.7 Å². The van der Waals surface area contributed by atoms with Crippen molar-refractivity contribution in [3.05, 3.63) is 69.1 Å². The zero-order valence-corrected chi connectivity index (χ0v) is 21.0. The van der Waals surface area contributed by atoms with E-state index in [2.05, 4.69) is 13.7 Å². The molecule has 0 saturated carbocycles. The summed E-state index contributed by atoms with van der Waals surface area (Å²) < 4.78 is 37.1. The molecule has 0 spiro atoms. The highest BCUT2D eigenvalue weighted by atomic mass is 32.1. The van der Waals surface area contributed by atoms with Crippen LogP contribution in [0.1, 0.15) is 72.3 Å². The minimum atomic E-state index is -1.20. The van der Waals surface area contributed by atoms with Crippen LogP contribution in [-0.4, -0.2) is 24.5 Å².